The van der Waals surface area contributed by atoms with Crippen molar-refractivity contribution in [2.75, 3.05) is 13.7 Å². The van der Waals surface area contributed by atoms with Gasteiger partial charge in [-0.05, 0) is 36.1 Å². The van der Waals surface area contributed by atoms with Crippen molar-refractivity contribution in [3.05, 3.63) is 65.2 Å². The number of aliphatic hydroxyl groups is 1. The first kappa shape index (κ1) is 17.0. The number of aliphatic hydroxyl groups excluding tert-OH is 1. The Hall–Kier alpha value is -2.33. The molecule has 23 heavy (non-hydrogen) atoms. The molecule has 0 fully saturated rings. The van der Waals surface area contributed by atoms with Gasteiger partial charge in [0, 0.05) is 13.7 Å². The highest BCUT2D eigenvalue weighted by Crippen LogP contribution is 2.24. The normalized spacial score (nSPS) is 12.0. The maximum Gasteiger partial charge on any atom is 0.227 e. The number of benzene rings is 2. The highest BCUT2D eigenvalue weighted by atomic mass is 16.3. The van der Waals surface area contributed by atoms with Gasteiger partial charge in [-0.1, -0.05) is 42.5 Å². The number of aromatic hydroxyl groups is 1. The Balaban J connectivity index is 2.14. The molecule has 2 aromatic rings. The molecule has 0 aliphatic rings. The average Bonchev–Trinajstić information content (AvgIpc) is 2.56. The van der Waals surface area contributed by atoms with Crippen molar-refractivity contribution in [1.82, 2.24) is 4.90 Å². The van der Waals surface area contributed by atoms with Gasteiger partial charge in [-0.2, -0.15) is 0 Å². The molecular formula is C19H23NO3. The van der Waals surface area contributed by atoms with E-state index in [4.69, 9.17) is 0 Å². The van der Waals surface area contributed by atoms with Crippen molar-refractivity contribution in [3.8, 4) is 5.75 Å². The fourth-order valence-electron chi connectivity index (χ4n) is 2.62. The zero-order valence-electron chi connectivity index (χ0n) is 13.6. The lowest BCUT2D eigenvalue weighted by atomic mass is 10.0. The van der Waals surface area contributed by atoms with E-state index >= 15 is 0 Å². The fraction of sp³-hybridized carbons (Fsp3) is 0.316. The van der Waals surface area contributed by atoms with Gasteiger partial charge in [0.2, 0.25) is 5.91 Å². The standard InChI is InChI=1S/C19H23NO3/c1-14-8-9-15(12-18(14)22)13-19(23)20(2)17(10-11-21)16-6-4-3-5-7-16/h3-9,12,17,21-22H,10-11,13H2,1-2H3. The number of amides is 1. The van der Waals surface area contributed by atoms with E-state index in [-0.39, 0.29) is 30.7 Å². The van der Waals surface area contributed by atoms with E-state index in [0.29, 0.717) is 6.42 Å². The highest BCUT2D eigenvalue weighted by Gasteiger charge is 2.21. The number of hydrogen-bond donors (Lipinski definition) is 2. The van der Waals surface area contributed by atoms with E-state index in [2.05, 4.69) is 0 Å². The molecular weight excluding hydrogens is 290 g/mol. The first-order valence-electron chi connectivity index (χ1n) is 7.73. The zero-order chi connectivity index (χ0) is 16.8. The maximum atomic E-state index is 12.6. The lowest BCUT2D eigenvalue weighted by Gasteiger charge is -2.28. The molecule has 0 saturated carbocycles. The summed E-state index contributed by atoms with van der Waals surface area (Å²) >= 11 is 0. The Morgan fingerprint density at radius 3 is 2.48 bits per heavy atom. The first-order chi connectivity index (χ1) is 11.0. The number of aryl methyl sites for hydroxylation is 1. The molecule has 0 saturated heterocycles. The van der Waals surface area contributed by atoms with Crippen LogP contribution in [0, 0.1) is 6.92 Å². The third kappa shape index (κ3) is 4.33. The van der Waals surface area contributed by atoms with Crippen LogP contribution in [-0.4, -0.2) is 34.7 Å². The van der Waals surface area contributed by atoms with Gasteiger partial charge in [0.1, 0.15) is 5.75 Å². The van der Waals surface area contributed by atoms with Gasteiger partial charge >= 0.3 is 0 Å². The number of phenolic OH excluding ortho intramolecular Hbond substituents is 1. The van der Waals surface area contributed by atoms with Crippen molar-refractivity contribution >= 4 is 5.91 Å². The Morgan fingerprint density at radius 2 is 1.87 bits per heavy atom. The summed E-state index contributed by atoms with van der Waals surface area (Å²) in [6.45, 7) is 1.84. The number of phenols is 1. The van der Waals surface area contributed by atoms with E-state index in [1.165, 1.54) is 0 Å². The van der Waals surface area contributed by atoms with Crippen LogP contribution in [-0.2, 0) is 11.2 Å². The van der Waals surface area contributed by atoms with Gasteiger partial charge in [0.15, 0.2) is 0 Å². The molecule has 0 radical (unpaired) electrons. The van der Waals surface area contributed by atoms with Crippen molar-refractivity contribution in [3.63, 3.8) is 0 Å². The van der Waals surface area contributed by atoms with Crippen molar-refractivity contribution in [2.45, 2.75) is 25.8 Å². The van der Waals surface area contributed by atoms with Crippen LogP contribution in [0.4, 0.5) is 0 Å². The topological polar surface area (TPSA) is 60.8 Å². The van der Waals surface area contributed by atoms with Crippen molar-refractivity contribution < 1.29 is 15.0 Å². The van der Waals surface area contributed by atoms with Gasteiger partial charge in [0.05, 0.1) is 12.5 Å². The molecule has 1 amide bonds. The third-order valence-corrected chi connectivity index (χ3v) is 4.08. The van der Waals surface area contributed by atoms with E-state index in [1.807, 2.05) is 43.3 Å². The third-order valence-electron chi connectivity index (χ3n) is 4.08. The van der Waals surface area contributed by atoms with Crippen LogP contribution in [0.25, 0.3) is 0 Å². The predicted molar refractivity (Wildman–Crippen MR) is 90.2 cm³/mol. The molecule has 0 spiro atoms. The number of nitrogens with zero attached hydrogens (tertiary/aromatic N) is 1. The van der Waals surface area contributed by atoms with E-state index in [9.17, 15) is 15.0 Å². The van der Waals surface area contributed by atoms with Crippen molar-refractivity contribution in [2.24, 2.45) is 0 Å². The minimum atomic E-state index is -0.159. The number of likely N-dealkylation sites (N-methyl/N-ethyl adjacent to an activating group) is 1. The molecule has 0 heterocycles. The number of carbonyl (C=O) groups excluding carboxylic acids is 1. The number of hydrogen-bond acceptors (Lipinski definition) is 3. The van der Waals surface area contributed by atoms with Gasteiger partial charge in [-0.25, -0.2) is 0 Å². The molecule has 0 bridgehead atoms. The Labute approximate surface area is 137 Å². The summed E-state index contributed by atoms with van der Waals surface area (Å²) in [5, 5.41) is 19.1. The Kier molecular flexibility index (Phi) is 5.77. The van der Waals surface area contributed by atoms with Crippen LogP contribution in [0.1, 0.15) is 29.2 Å². The van der Waals surface area contributed by atoms with E-state index < -0.39 is 0 Å². The summed E-state index contributed by atoms with van der Waals surface area (Å²) < 4.78 is 0. The largest absolute Gasteiger partial charge is 0.508 e. The molecule has 1 atom stereocenters. The quantitative estimate of drug-likeness (QED) is 0.862. The van der Waals surface area contributed by atoms with E-state index in [0.717, 1.165) is 16.7 Å². The molecule has 2 rings (SSSR count). The molecule has 4 nitrogen and oxygen atoms in total. The molecule has 0 aliphatic carbocycles. The molecule has 2 N–H and O–H groups in total. The van der Waals surface area contributed by atoms with Gasteiger partial charge in [-0.15, -0.1) is 0 Å². The second-order valence-electron chi connectivity index (χ2n) is 5.74. The van der Waals surface area contributed by atoms with Gasteiger partial charge in [-0.3, -0.25) is 4.79 Å². The fourth-order valence-corrected chi connectivity index (χ4v) is 2.62. The van der Waals surface area contributed by atoms with Crippen LogP contribution in [0.15, 0.2) is 48.5 Å². The van der Waals surface area contributed by atoms with Gasteiger partial charge < -0.3 is 15.1 Å². The van der Waals surface area contributed by atoms with Crippen LogP contribution in [0.2, 0.25) is 0 Å². The molecule has 122 valence electrons. The Morgan fingerprint density at radius 1 is 1.17 bits per heavy atom. The van der Waals surface area contributed by atoms with Crippen LogP contribution >= 0.6 is 0 Å². The summed E-state index contributed by atoms with van der Waals surface area (Å²) in [4.78, 5) is 14.2. The molecule has 0 aliphatic heterocycles. The molecule has 0 aromatic heterocycles. The summed E-state index contributed by atoms with van der Waals surface area (Å²) in [6, 6.07) is 14.8. The summed E-state index contributed by atoms with van der Waals surface area (Å²) in [6.07, 6.45) is 0.713. The van der Waals surface area contributed by atoms with Gasteiger partial charge in [0.25, 0.3) is 0 Å². The van der Waals surface area contributed by atoms with Crippen LogP contribution in [0.5, 0.6) is 5.75 Å². The predicted octanol–water partition coefficient (Wildman–Crippen LogP) is 2.83. The minimum Gasteiger partial charge on any atom is -0.508 e. The second-order valence-corrected chi connectivity index (χ2v) is 5.74. The second kappa shape index (κ2) is 7.79. The van der Waals surface area contributed by atoms with Crippen LogP contribution in [0.3, 0.4) is 0 Å². The number of carbonyl (C=O) groups is 1. The van der Waals surface area contributed by atoms with Crippen LogP contribution < -0.4 is 0 Å². The lowest BCUT2D eigenvalue weighted by Crippen LogP contribution is -2.33. The zero-order valence-corrected chi connectivity index (χ0v) is 13.6. The first-order valence-corrected chi connectivity index (χ1v) is 7.73. The monoisotopic (exact) mass is 313 g/mol. The number of rotatable bonds is 6. The summed E-state index contributed by atoms with van der Waals surface area (Å²) in [5.41, 5.74) is 2.57. The minimum absolute atomic E-state index is 0.0164. The average molecular weight is 313 g/mol. The maximum absolute atomic E-state index is 12.6. The molecule has 4 heteroatoms. The lowest BCUT2D eigenvalue weighted by molar-refractivity contribution is -0.131. The molecule has 1 unspecified atom stereocenters. The smallest absolute Gasteiger partial charge is 0.227 e. The van der Waals surface area contributed by atoms with Crippen molar-refractivity contribution in [1.29, 1.82) is 0 Å². The summed E-state index contributed by atoms with van der Waals surface area (Å²) in [5.74, 6) is 0.156. The SMILES string of the molecule is Cc1ccc(CC(=O)N(C)C(CCO)c2ccccc2)cc1O. The summed E-state index contributed by atoms with van der Waals surface area (Å²) in [7, 11) is 1.75. The highest BCUT2D eigenvalue weighted by molar-refractivity contribution is 5.79. The van der Waals surface area contributed by atoms with E-state index in [1.54, 1.807) is 24.1 Å². The molecule has 2 aromatic carbocycles. The Bertz CT molecular complexity index is 655.